The van der Waals surface area contributed by atoms with Crippen LogP contribution in [-0.2, 0) is 9.59 Å². The highest BCUT2D eigenvalue weighted by molar-refractivity contribution is 5.94. The number of rotatable bonds is 5. The van der Waals surface area contributed by atoms with Crippen LogP contribution in [0, 0.1) is 6.92 Å². The third-order valence-electron chi connectivity index (χ3n) is 4.17. The van der Waals surface area contributed by atoms with Crippen LogP contribution in [0.3, 0.4) is 0 Å². The van der Waals surface area contributed by atoms with Gasteiger partial charge in [-0.05, 0) is 25.5 Å². The Balaban J connectivity index is 1.83. The summed E-state index contributed by atoms with van der Waals surface area (Å²) in [6.07, 6.45) is 0.232. The van der Waals surface area contributed by atoms with E-state index in [2.05, 4.69) is 0 Å². The average Bonchev–Trinajstić information content (AvgIpc) is 2.58. The fourth-order valence-corrected chi connectivity index (χ4v) is 2.68. The van der Waals surface area contributed by atoms with Gasteiger partial charge < -0.3 is 20.6 Å². The van der Waals surface area contributed by atoms with Crippen molar-refractivity contribution < 1.29 is 19.5 Å². The number of piperazine rings is 1. The first kappa shape index (κ1) is 17.9. The maximum atomic E-state index is 12.5. The van der Waals surface area contributed by atoms with E-state index < -0.39 is 12.0 Å². The zero-order chi connectivity index (χ0) is 17.7. The van der Waals surface area contributed by atoms with E-state index in [9.17, 15) is 14.4 Å². The number of nitrogens with two attached hydrogens (primary N) is 1. The first-order valence-electron chi connectivity index (χ1n) is 8.00. The smallest absolute Gasteiger partial charge is 0.320 e. The summed E-state index contributed by atoms with van der Waals surface area (Å²) in [5.41, 5.74) is 7.10. The van der Waals surface area contributed by atoms with E-state index in [4.69, 9.17) is 10.8 Å². The molecule has 0 radical (unpaired) electrons. The van der Waals surface area contributed by atoms with Crippen molar-refractivity contribution in [2.45, 2.75) is 25.8 Å². The van der Waals surface area contributed by atoms with Crippen LogP contribution in [0.25, 0.3) is 0 Å². The molecular formula is C17H23N3O4. The summed E-state index contributed by atoms with van der Waals surface area (Å²) in [5.74, 6) is -1.25. The Kier molecular flexibility index (Phi) is 5.92. The summed E-state index contributed by atoms with van der Waals surface area (Å²) < 4.78 is 0. The number of carboxylic acids is 1. The molecular weight excluding hydrogens is 310 g/mol. The third-order valence-corrected chi connectivity index (χ3v) is 4.17. The summed E-state index contributed by atoms with van der Waals surface area (Å²) in [7, 11) is 0. The van der Waals surface area contributed by atoms with Crippen molar-refractivity contribution in [3.05, 3.63) is 35.4 Å². The Bertz CT molecular complexity index is 624. The van der Waals surface area contributed by atoms with E-state index in [1.54, 1.807) is 15.9 Å². The number of benzene rings is 1. The van der Waals surface area contributed by atoms with Crippen molar-refractivity contribution in [3.8, 4) is 0 Å². The zero-order valence-corrected chi connectivity index (χ0v) is 13.8. The van der Waals surface area contributed by atoms with Crippen LogP contribution in [0.15, 0.2) is 24.3 Å². The van der Waals surface area contributed by atoms with Gasteiger partial charge in [-0.1, -0.05) is 17.7 Å². The van der Waals surface area contributed by atoms with Crippen LogP contribution in [0.4, 0.5) is 0 Å². The van der Waals surface area contributed by atoms with Gasteiger partial charge in [0.2, 0.25) is 5.91 Å². The van der Waals surface area contributed by atoms with Gasteiger partial charge in [-0.2, -0.15) is 0 Å². The molecule has 1 fully saturated rings. The van der Waals surface area contributed by atoms with Crippen LogP contribution in [0.1, 0.15) is 28.8 Å². The fourth-order valence-electron chi connectivity index (χ4n) is 2.68. The van der Waals surface area contributed by atoms with Crippen LogP contribution < -0.4 is 5.73 Å². The maximum Gasteiger partial charge on any atom is 0.320 e. The minimum atomic E-state index is -1.10. The number of amides is 2. The minimum Gasteiger partial charge on any atom is -0.480 e. The lowest BCUT2D eigenvalue weighted by Gasteiger charge is -2.35. The second-order valence-electron chi connectivity index (χ2n) is 6.03. The van der Waals surface area contributed by atoms with Gasteiger partial charge in [0.25, 0.3) is 5.91 Å². The van der Waals surface area contributed by atoms with Gasteiger partial charge in [-0.3, -0.25) is 14.4 Å². The van der Waals surface area contributed by atoms with Crippen LogP contribution >= 0.6 is 0 Å². The predicted octanol–water partition coefficient (Wildman–Crippen LogP) is 0.472. The molecule has 7 heteroatoms. The second kappa shape index (κ2) is 7.92. The van der Waals surface area contributed by atoms with Gasteiger partial charge in [0, 0.05) is 38.2 Å². The molecule has 1 heterocycles. The van der Waals surface area contributed by atoms with Crippen molar-refractivity contribution in [1.82, 2.24) is 9.80 Å². The molecule has 7 nitrogen and oxygen atoms in total. The molecule has 3 N–H and O–H groups in total. The van der Waals surface area contributed by atoms with Crippen LogP contribution in [-0.4, -0.2) is 64.9 Å². The maximum absolute atomic E-state index is 12.5. The molecule has 0 aromatic heterocycles. The molecule has 0 saturated carbocycles. The molecule has 1 atom stereocenters. The largest absolute Gasteiger partial charge is 0.480 e. The number of hydrogen-bond donors (Lipinski definition) is 2. The molecule has 1 saturated heterocycles. The lowest BCUT2D eigenvalue weighted by atomic mass is 10.1. The van der Waals surface area contributed by atoms with Gasteiger partial charge in [0.1, 0.15) is 6.04 Å². The van der Waals surface area contributed by atoms with Crippen molar-refractivity contribution in [3.63, 3.8) is 0 Å². The summed E-state index contributed by atoms with van der Waals surface area (Å²) >= 11 is 0. The fraction of sp³-hybridized carbons (Fsp3) is 0.471. The molecule has 24 heavy (non-hydrogen) atoms. The number of aryl methyl sites for hydroxylation is 1. The van der Waals surface area contributed by atoms with Crippen LogP contribution in [0.5, 0.6) is 0 Å². The van der Waals surface area contributed by atoms with Crippen LogP contribution in [0.2, 0.25) is 0 Å². The first-order chi connectivity index (χ1) is 11.4. The standard InChI is InChI=1S/C17H23N3O4/c1-12-3-2-4-13(11-12)16(22)20-9-7-19(8-10-20)15(21)6-5-14(18)17(23)24/h2-4,11,14H,5-10,18H2,1H3,(H,23,24)/t14-/m0/s1. The molecule has 130 valence electrons. The van der Waals surface area contributed by atoms with Gasteiger partial charge in [0.15, 0.2) is 0 Å². The Hall–Kier alpha value is -2.41. The van der Waals surface area contributed by atoms with E-state index in [-0.39, 0.29) is 24.7 Å². The van der Waals surface area contributed by atoms with E-state index >= 15 is 0 Å². The van der Waals surface area contributed by atoms with Gasteiger partial charge in [0.05, 0.1) is 0 Å². The highest BCUT2D eigenvalue weighted by Crippen LogP contribution is 2.12. The minimum absolute atomic E-state index is 0.0290. The van der Waals surface area contributed by atoms with E-state index in [0.29, 0.717) is 31.7 Å². The van der Waals surface area contributed by atoms with Crippen molar-refractivity contribution >= 4 is 17.8 Å². The number of carbonyl (C=O) groups excluding carboxylic acids is 2. The van der Waals surface area contributed by atoms with E-state index in [0.717, 1.165) is 5.56 Å². The topological polar surface area (TPSA) is 104 Å². The molecule has 1 aromatic rings. The monoisotopic (exact) mass is 333 g/mol. The normalized spacial score (nSPS) is 15.9. The third kappa shape index (κ3) is 4.55. The number of nitrogens with zero attached hydrogens (tertiary/aromatic N) is 2. The molecule has 1 aromatic carbocycles. The molecule has 2 amide bonds. The molecule has 2 rings (SSSR count). The highest BCUT2D eigenvalue weighted by atomic mass is 16.4. The summed E-state index contributed by atoms with van der Waals surface area (Å²) in [6, 6.07) is 6.43. The number of carboxylic acid groups (broad SMARTS) is 1. The molecule has 0 aliphatic carbocycles. The van der Waals surface area contributed by atoms with Gasteiger partial charge in [-0.25, -0.2) is 0 Å². The molecule has 0 spiro atoms. The summed E-state index contributed by atoms with van der Waals surface area (Å²) in [6.45, 7) is 3.81. The number of carbonyl (C=O) groups is 3. The molecule has 1 aliphatic rings. The molecule has 0 bridgehead atoms. The van der Waals surface area contributed by atoms with E-state index in [1.165, 1.54) is 0 Å². The zero-order valence-electron chi connectivity index (χ0n) is 13.8. The number of aliphatic carboxylic acids is 1. The Morgan fingerprint density at radius 2 is 1.79 bits per heavy atom. The molecule has 0 unspecified atom stereocenters. The molecule has 1 aliphatic heterocycles. The average molecular weight is 333 g/mol. The second-order valence-corrected chi connectivity index (χ2v) is 6.03. The van der Waals surface area contributed by atoms with Gasteiger partial charge in [-0.15, -0.1) is 0 Å². The predicted molar refractivity (Wildman–Crippen MR) is 88.5 cm³/mol. The van der Waals surface area contributed by atoms with Crippen molar-refractivity contribution in [2.24, 2.45) is 5.73 Å². The Morgan fingerprint density at radius 1 is 1.17 bits per heavy atom. The SMILES string of the molecule is Cc1cccc(C(=O)N2CCN(C(=O)CC[C@H](N)C(=O)O)CC2)c1. The van der Waals surface area contributed by atoms with E-state index in [1.807, 2.05) is 25.1 Å². The number of hydrogen-bond acceptors (Lipinski definition) is 4. The summed E-state index contributed by atoms with van der Waals surface area (Å²) in [5, 5.41) is 8.73. The van der Waals surface area contributed by atoms with Crippen molar-refractivity contribution in [2.75, 3.05) is 26.2 Å². The Labute approximate surface area is 141 Å². The lowest BCUT2D eigenvalue weighted by Crippen LogP contribution is -2.50. The Morgan fingerprint density at radius 3 is 2.38 bits per heavy atom. The van der Waals surface area contributed by atoms with Gasteiger partial charge >= 0.3 is 5.97 Å². The van der Waals surface area contributed by atoms with Crippen molar-refractivity contribution in [1.29, 1.82) is 0 Å². The highest BCUT2D eigenvalue weighted by Gasteiger charge is 2.25. The summed E-state index contributed by atoms with van der Waals surface area (Å²) in [4.78, 5) is 38.6. The quantitative estimate of drug-likeness (QED) is 0.815. The first-order valence-corrected chi connectivity index (χ1v) is 8.00. The lowest BCUT2D eigenvalue weighted by molar-refractivity contribution is -0.139.